The van der Waals surface area contributed by atoms with Crippen LogP contribution in [0.15, 0.2) is 48.5 Å². The van der Waals surface area contributed by atoms with Gasteiger partial charge in [0.15, 0.2) is 0 Å². The van der Waals surface area contributed by atoms with Crippen molar-refractivity contribution >= 4 is 23.2 Å². The van der Waals surface area contributed by atoms with E-state index in [1.807, 2.05) is 76.2 Å². The number of aryl methyl sites for hydroxylation is 2. The van der Waals surface area contributed by atoms with E-state index >= 15 is 0 Å². The number of para-hydroxylation sites is 2. The maximum atomic E-state index is 12.2. The molecule has 2 aromatic carbocycles. The third-order valence-corrected chi connectivity index (χ3v) is 4.43. The summed E-state index contributed by atoms with van der Waals surface area (Å²) in [7, 11) is 0. The Hall–Kier alpha value is -2.62. The molecule has 0 aliphatic carbocycles. The van der Waals surface area contributed by atoms with E-state index in [2.05, 4.69) is 10.6 Å². The minimum atomic E-state index is 0.0452. The summed E-state index contributed by atoms with van der Waals surface area (Å²) in [5, 5.41) is 6.08. The van der Waals surface area contributed by atoms with Crippen molar-refractivity contribution in [2.24, 2.45) is 11.8 Å². The van der Waals surface area contributed by atoms with Crippen LogP contribution in [0.25, 0.3) is 0 Å². The third kappa shape index (κ3) is 7.18. The van der Waals surface area contributed by atoms with Crippen LogP contribution in [-0.4, -0.2) is 11.8 Å². The number of carbonyl (C=O) groups excluding carboxylic acids is 2. The summed E-state index contributed by atoms with van der Waals surface area (Å²) in [5.74, 6) is 0.745. The van der Waals surface area contributed by atoms with Crippen molar-refractivity contribution in [1.82, 2.24) is 0 Å². The van der Waals surface area contributed by atoms with E-state index in [-0.39, 0.29) is 11.8 Å². The van der Waals surface area contributed by atoms with Crippen LogP contribution in [0.5, 0.6) is 0 Å². The average Bonchev–Trinajstić information content (AvgIpc) is 2.60. The van der Waals surface area contributed by atoms with Crippen molar-refractivity contribution in [3.05, 3.63) is 59.7 Å². The SMILES string of the molecule is CC(C)CC(=O)Nc1ccccc1CCc1ccccc1NC(=O)CC(C)C. The molecule has 0 aliphatic rings. The number of rotatable bonds is 9. The summed E-state index contributed by atoms with van der Waals surface area (Å²) in [6.07, 6.45) is 2.60. The molecule has 0 bridgehead atoms. The summed E-state index contributed by atoms with van der Waals surface area (Å²) in [5.41, 5.74) is 3.94. The highest BCUT2D eigenvalue weighted by atomic mass is 16.2. The molecule has 0 spiro atoms. The Morgan fingerprint density at radius 2 is 1.04 bits per heavy atom. The zero-order valence-electron chi connectivity index (χ0n) is 17.4. The molecule has 0 radical (unpaired) electrons. The Bertz CT molecular complexity index is 729. The largest absolute Gasteiger partial charge is 0.326 e. The van der Waals surface area contributed by atoms with Gasteiger partial charge in [-0.1, -0.05) is 64.1 Å². The number of nitrogens with one attached hydrogen (secondary N) is 2. The topological polar surface area (TPSA) is 58.2 Å². The van der Waals surface area contributed by atoms with Crippen LogP contribution in [0.3, 0.4) is 0 Å². The van der Waals surface area contributed by atoms with Gasteiger partial charge >= 0.3 is 0 Å². The van der Waals surface area contributed by atoms with Gasteiger partial charge in [0.2, 0.25) is 11.8 Å². The van der Waals surface area contributed by atoms with Crippen LogP contribution in [-0.2, 0) is 22.4 Å². The molecule has 2 rings (SSSR count). The first kappa shape index (κ1) is 21.7. The van der Waals surface area contributed by atoms with Gasteiger partial charge in [-0.2, -0.15) is 0 Å². The van der Waals surface area contributed by atoms with Crippen LogP contribution in [0.1, 0.15) is 51.7 Å². The molecule has 2 amide bonds. The fourth-order valence-corrected chi connectivity index (χ4v) is 3.13. The summed E-state index contributed by atoms with van der Waals surface area (Å²) >= 11 is 0. The third-order valence-electron chi connectivity index (χ3n) is 4.43. The lowest BCUT2D eigenvalue weighted by molar-refractivity contribution is -0.117. The fourth-order valence-electron chi connectivity index (χ4n) is 3.13. The number of hydrogen-bond acceptors (Lipinski definition) is 2. The van der Waals surface area contributed by atoms with Crippen LogP contribution in [0.2, 0.25) is 0 Å². The number of anilines is 2. The van der Waals surface area contributed by atoms with Gasteiger partial charge in [-0.25, -0.2) is 0 Å². The zero-order chi connectivity index (χ0) is 20.5. The molecular formula is C24H32N2O2. The predicted octanol–water partition coefficient (Wildman–Crippen LogP) is 5.44. The smallest absolute Gasteiger partial charge is 0.224 e. The van der Waals surface area contributed by atoms with Crippen molar-refractivity contribution in [3.63, 3.8) is 0 Å². The monoisotopic (exact) mass is 380 g/mol. The molecule has 0 fully saturated rings. The lowest BCUT2D eigenvalue weighted by atomic mass is 10.0. The Morgan fingerprint density at radius 3 is 1.39 bits per heavy atom. The van der Waals surface area contributed by atoms with Crippen molar-refractivity contribution in [1.29, 1.82) is 0 Å². The Balaban J connectivity index is 2.07. The second-order valence-corrected chi connectivity index (χ2v) is 8.11. The molecular weight excluding hydrogens is 348 g/mol. The number of benzene rings is 2. The maximum absolute atomic E-state index is 12.2. The van der Waals surface area contributed by atoms with Gasteiger partial charge < -0.3 is 10.6 Å². The molecule has 0 unspecified atom stereocenters. The van der Waals surface area contributed by atoms with Crippen molar-refractivity contribution in [2.75, 3.05) is 10.6 Å². The highest BCUT2D eigenvalue weighted by molar-refractivity contribution is 5.92. The van der Waals surface area contributed by atoms with E-state index in [0.29, 0.717) is 24.7 Å². The first-order valence-electron chi connectivity index (χ1n) is 10.1. The van der Waals surface area contributed by atoms with Crippen molar-refractivity contribution in [3.8, 4) is 0 Å². The van der Waals surface area contributed by atoms with Crippen LogP contribution < -0.4 is 10.6 Å². The molecule has 4 nitrogen and oxygen atoms in total. The molecule has 0 heterocycles. The van der Waals surface area contributed by atoms with Gasteiger partial charge in [0.1, 0.15) is 0 Å². The molecule has 0 saturated heterocycles. The molecule has 2 N–H and O–H groups in total. The first-order chi connectivity index (χ1) is 13.3. The van der Waals surface area contributed by atoms with Crippen LogP contribution in [0.4, 0.5) is 11.4 Å². The van der Waals surface area contributed by atoms with Gasteiger partial charge in [0.05, 0.1) is 0 Å². The molecule has 0 saturated carbocycles. The minimum Gasteiger partial charge on any atom is -0.326 e. The second kappa shape index (κ2) is 10.6. The van der Waals surface area contributed by atoms with Gasteiger partial charge in [0.25, 0.3) is 0 Å². The lowest BCUT2D eigenvalue weighted by Crippen LogP contribution is -2.16. The van der Waals surface area contributed by atoms with Gasteiger partial charge in [-0.15, -0.1) is 0 Å². The first-order valence-corrected chi connectivity index (χ1v) is 10.1. The fraction of sp³-hybridized carbons (Fsp3) is 0.417. The standard InChI is InChI=1S/C24H32N2O2/c1-17(2)15-23(27)25-21-11-7-5-9-19(21)13-14-20-10-6-8-12-22(20)26-24(28)16-18(3)4/h5-12,17-18H,13-16H2,1-4H3,(H,25,27)(H,26,28). The molecule has 0 aromatic heterocycles. The highest BCUT2D eigenvalue weighted by Crippen LogP contribution is 2.22. The van der Waals surface area contributed by atoms with Crippen molar-refractivity contribution in [2.45, 2.75) is 53.4 Å². The molecule has 0 aliphatic heterocycles. The van der Waals surface area contributed by atoms with E-state index < -0.39 is 0 Å². The number of hydrogen-bond donors (Lipinski definition) is 2. The lowest BCUT2D eigenvalue weighted by Gasteiger charge is -2.14. The molecule has 4 heteroatoms. The average molecular weight is 381 g/mol. The Morgan fingerprint density at radius 1 is 0.679 bits per heavy atom. The van der Waals surface area contributed by atoms with Gasteiger partial charge in [-0.05, 0) is 47.9 Å². The zero-order valence-corrected chi connectivity index (χ0v) is 17.4. The molecule has 0 atom stereocenters. The van der Waals surface area contributed by atoms with E-state index in [4.69, 9.17) is 0 Å². The Labute approximate surface area is 168 Å². The van der Waals surface area contributed by atoms with Gasteiger partial charge in [-0.3, -0.25) is 9.59 Å². The molecule has 2 aromatic rings. The van der Waals surface area contributed by atoms with E-state index in [1.54, 1.807) is 0 Å². The van der Waals surface area contributed by atoms with E-state index in [0.717, 1.165) is 35.3 Å². The summed E-state index contributed by atoms with van der Waals surface area (Å²) < 4.78 is 0. The summed E-state index contributed by atoms with van der Waals surface area (Å²) in [4.78, 5) is 24.3. The van der Waals surface area contributed by atoms with Crippen LogP contribution >= 0.6 is 0 Å². The predicted molar refractivity (Wildman–Crippen MR) is 116 cm³/mol. The second-order valence-electron chi connectivity index (χ2n) is 8.11. The normalized spacial score (nSPS) is 10.9. The summed E-state index contributed by atoms with van der Waals surface area (Å²) in [6, 6.07) is 15.8. The van der Waals surface area contributed by atoms with E-state index in [9.17, 15) is 9.59 Å². The van der Waals surface area contributed by atoms with Crippen LogP contribution in [0, 0.1) is 11.8 Å². The number of carbonyl (C=O) groups is 2. The summed E-state index contributed by atoms with van der Waals surface area (Å²) in [6.45, 7) is 8.15. The molecule has 150 valence electrons. The highest BCUT2D eigenvalue weighted by Gasteiger charge is 2.11. The van der Waals surface area contributed by atoms with E-state index in [1.165, 1.54) is 0 Å². The number of amides is 2. The van der Waals surface area contributed by atoms with Gasteiger partial charge in [0, 0.05) is 24.2 Å². The quantitative estimate of drug-likeness (QED) is 0.608. The molecule has 28 heavy (non-hydrogen) atoms. The Kier molecular flexibility index (Phi) is 8.24. The van der Waals surface area contributed by atoms with Crippen molar-refractivity contribution < 1.29 is 9.59 Å². The maximum Gasteiger partial charge on any atom is 0.224 e. The minimum absolute atomic E-state index is 0.0452.